The molecule has 1 amide bonds. The summed E-state index contributed by atoms with van der Waals surface area (Å²) in [4.78, 5) is 19.0. The molecule has 1 aromatic carbocycles. The molecule has 0 aliphatic heterocycles. The van der Waals surface area contributed by atoms with Crippen LogP contribution in [0.5, 0.6) is 17.2 Å². The second-order valence-corrected chi connectivity index (χ2v) is 7.51. The molecule has 0 spiro atoms. The van der Waals surface area contributed by atoms with Crippen LogP contribution in [0, 0.1) is 20.8 Å². The molecular formula is C21H24N2O4S. The van der Waals surface area contributed by atoms with Gasteiger partial charge in [0.15, 0.2) is 0 Å². The number of amides is 1. The molecule has 0 fully saturated rings. The Hall–Kier alpha value is -2.80. The minimum atomic E-state index is -0.141. The number of nitrogens with one attached hydrogen (secondary N) is 1. The number of nitrogens with zero attached hydrogens (tertiary/aromatic N) is 1. The van der Waals surface area contributed by atoms with Gasteiger partial charge in [-0.15, -0.1) is 11.3 Å². The second kappa shape index (κ2) is 8.06. The third kappa shape index (κ3) is 3.62. The molecule has 0 saturated heterocycles. The van der Waals surface area contributed by atoms with Crippen molar-refractivity contribution in [3.63, 3.8) is 0 Å². The van der Waals surface area contributed by atoms with Gasteiger partial charge in [-0.25, -0.2) is 4.98 Å². The van der Waals surface area contributed by atoms with Crippen molar-refractivity contribution >= 4 is 27.5 Å². The van der Waals surface area contributed by atoms with Crippen molar-refractivity contribution in [2.24, 2.45) is 0 Å². The zero-order valence-corrected chi connectivity index (χ0v) is 17.7. The molecule has 1 N–H and O–H groups in total. The number of carbonyl (C=O) groups is 1. The van der Waals surface area contributed by atoms with Gasteiger partial charge in [0.05, 0.1) is 38.3 Å². The van der Waals surface area contributed by atoms with Gasteiger partial charge in [-0.2, -0.15) is 0 Å². The van der Waals surface area contributed by atoms with Crippen molar-refractivity contribution in [1.29, 1.82) is 0 Å². The van der Waals surface area contributed by atoms with Crippen molar-refractivity contribution in [3.05, 3.63) is 45.5 Å². The Morgan fingerprint density at radius 1 is 1.04 bits per heavy atom. The second-order valence-electron chi connectivity index (χ2n) is 6.51. The topological polar surface area (TPSA) is 69.7 Å². The van der Waals surface area contributed by atoms with E-state index in [1.807, 2.05) is 26.8 Å². The molecule has 6 nitrogen and oxygen atoms in total. The summed E-state index contributed by atoms with van der Waals surface area (Å²) in [6, 6.07) is 5.58. The van der Waals surface area contributed by atoms with E-state index < -0.39 is 0 Å². The molecule has 0 atom stereocenters. The van der Waals surface area contributed by atoms with Gasteiger partial charge in [0, 0.05) is 23.2 Å². The van der Waals surface area contributed by atoms with Gasteiger partial charge in [-0.05, 0) is 38.0 Å². The molecule has 28 heavy (non-hydrogen) atoms. The first-order valence-electron chi connectivity index (χ1n) is 8.84. The number of rotatable bonds is 6. The number of benzene rings is 1. The Balaban J connectivity index is 1.90. The van der Waals surface area contributed by atoms with Crippen LogP contribution in [0.3, 0.4) is 0 Å². The maximum absolute atomic E-state index is 12.9. The largest absolute Gasteiger partial charge is 0.496 e. The maximum Gasteiger partial charge on any atom is 0.261 e. The van der Waals surface area contributed by atoms with Crippen LogP contribution in [0.1, 0.15) is 32.1 Å². The van der Waals surface area contributed by atoms with Crippen molar-refractivity contribution in [3.8, 4) is 17.2 Å². The minimum Gasteiger partial charge on any atom is -0.496 e. The number of hydrogen-bond acceptors (Lipinski definition) is 6. The number of pyridine rings is 1. The summed E-state index contributed by atoms with van der Waals surface area (Å²) in [5.74, 6) is 1.67. The highest BCUT2D eigenvalue weighted by Gasteiger charge is 2.20. The number of methoxy groups -OCH3 is 3. The summed E-state index contributed by atoms with van der Waals surface area (Å²) in [5.41, 5.74) is 3.79. The van der Waals surface area contributed by atoms with E-state index in [0.717, 1.165) is 32.6 Å². The van der Waals surface area contributed by atoms with Gasteiger partial charge in [-0.1, -0.05) is 0 Å². The van der Waals surface area contributed by atoms with Gasteiger partial charge in [0.2, 0.25) is 0 Å². The molecular weight excluding hydrogens is 376 g/mol. The van der Waals surface area contributed by atoms with Crippen LogP contribution in [0.15, 0.2) is 18.2 Å². The Bertz CT molecular complexity index is 1020. The predicted molar refractivity (Wildman–Crippen MR) is 111 cm³/mol. The van der Waals surface area contributed by atoms with E-state index in [9.17, 15) is 4.79 Å². The lowest BCUT2D eigenvalue weighted by molar-refractivity contribution is 0.0954. The third-order valence-corrected chi connectivity index (χ3v) is 5.86. The fraction of sp³-hybridized carbons (Fsp3) is 0.333. The smallest absolute Gasteiger partial charge is 0.261 e. The summed E-state index contributed by atoms with van der Waals surface area (Å²) in [6.07, 6.45) is 0. The van der Waals surface area contributed by atoms with Crippen molar-refractivity contribution < 1.29 is 19.0 Å². The highest BCUT2D eigenvalue weighted by molar-refractivity contribution is 7.20. The average molecular weight is 401 g/mol. The first kappa shape index (κ1) is 19.9. The quantitative estimate of drug-likeness (QED) is 0.672. The lowest BCUT2D eigenvalue weighted by Gasteiger charge is -2.15. The maximum atomic E-state index is 12.9. The molecule has 0 aliphatic rings. The number of aromatic nitrogens is 1. The van der Waals surface area contributed by atoms with Crippen LogP contribution in [0.25, 0.3) is 10.2 Å². The average Bonchev–Trinajstić information content (AvgIpc) is 3.01. The van der Waals surface area contributed by atoms with Crippen molar-refractivity contribution in [1.82, 2.24) is 10.3 Å². The SMILES string of the molecule is COc1cc(OC)c(CNC(=O)c2sc3nc(C)cc(C)c3c2C)c(OC)c1. The van der Waals surface area contributed by atoms with E-state index in [1.165, 1.54) is 11.3 Å². The molecule has 0 saturated carbocycles. The lowest BCUT2D eigenvalue weighted by Crippen LogP contribution is -2.23. The monoisotopic (exact) mass is 400 g/mol. The van der Waals surface area contributed by atoms with Crippen molar-refractivity contribution in [2.75, 3.05) is 21.3 Å². The predicted octanol–water partition coefficient (Wildman–Crippen LogP) is 4.18. The first-order chi connectivity index (χ1) is 13.4. The van der Waals surface area contributed by atoms with Crippen LogP contribution < -0.4 is 19.5 Å². The Morgan fingerprint density at radius 2 is 1.68 bits per heavy atom. The summed E-state index contributed by atoms with van der Waals surface area (Å²) >= 11 is 1.42. The number of thiophene rings is 1. The number of carbonyl (C=O) groups excluding carboxylic acids is 1. The summed E-state index contributed by atoms with van der Waals surface area (Å²) in [6.45, 7) is 6.25. The van der Waals surface area contributed by atoms with Gasteiger partial charge in [0.1, 0.15) is 22.1 Å². The van der Waals surface area contributed by atoms with Crippen LogP contribution in [0.4, 0.5) is 0 Å². The van der Waals surface area contributed by atoms with Crippen LogP contribution in [0.2, 0.25) is 0 Å². The normalized spacial score (nSPS) is 10.8. The van der Waals surface area contributed by atoms with Crippen LogP contribution in [-0.4, -0.2) is 32.2 Å². The fourth-order valence-corrected chi connectivity index (χ4v) is 4.56. The van der Waals surface area contributed by atoms with Crippen molar-refractivity contribution in [2.45, 2.75) is 27.3 Å². The summed E-state index contributed by atoms with van der Waals surface area (Å²) in [5, 5.41) is 4.04. The molecule has 3 aromatic rings. The van der Waals surface area contributed by atoms with E-state index >= 15 is 0 Å². The van der Waals surface area contributed by atoms with Crippen LogP contribution >= 0.6 is 11.3 Å². The lowest BCUT2D eigenvalue weighted by atomic mass is 10.1. The van der Waals surface area contributed by atoms with E-state index in [-0.39, 0.29) is 12.5 Å². The van der Waals surface area contributed by atoms with E-state index in [0.29, 0.717) is 22.1 Å². The van der Waals surface area contributed by atoms with E-state index in [1.54, 1.807) is 33.5 Å². The molecule has 0 unspecified atom stereocenters. The van der Waals surface area contributed by atoms with Gasteiger partial charge in [0.25, 0.3) is 5.91 Å². The molecule has 148 valence electrons. The highest BCUT2D eigenvalue weighted by Crippen LogP contribution is 2.35. The standard InChI is InChI=1S/C21H24N2O4S/c1-11-7-12(2)23-21-18(11)13(3)19(28-21)20(24)22-10-15-16(26-5)8-14(25-4)9-17(15)27-6/h7-9H,10H2,1-6H3,(H,22,24). The van der Waals surface area contributed by atoms with Crippen LogP contribution in [-0.2, 0) is 6.54 Å². The van der Waals surface area contributed by atoms with Gasteiger partial charge in [-0.3, -0.25) is 4.79 Å². The van der Waals surface area contributed by atoms with Gasteiger partial charge < -0.3 is 19.5 Å². The molecule has 7 heteroatoms. The van der Waals surface area contributed by atoms with E-state index in [2.05, 4.69) is 10.3 Å². The molecule has 0 aliphatic carbocycles. The number of aryl methyl sites for hydroxylation is 3. The Kier molecular flexibility index (Phi) is 5.74. The zero-order valence-electron chi connectivity index (χ0n) is 16.9. The highest BCUT2D eigenvalue weighted by atomic mass is 32.1. The molecule has 0 bridgehead atoms. The fourth-order valence-electron chi connectivity index (χ4n) is 3.34. The molecule has 0 radical (unpaired) electrons. The minimum absolute atomic E-state index is 0.141. The summed E-state index contributed by atoms with van der Waals surface area (Å²) in [7, 11) is 4.73. The van der Waals surface area contributed by atoms with E-state index in [4.69, 9.17) is 14.2 Å². The summed E-state index contributed by atoms with van der Waals surface area (Å²) < 4.78 is 16.2. The molecule has 2 aromatic heterocycles. The number of fused-ring (bicyclic) bond motifs is 1. The Labute approximate surface area is 168 Å². The number of hydrogen-bond donors (Lipinski definition) is 1. The zero-order chi connectivity index (χ0) is 20.4. The molecule has 3 rings (SSSR count). The molecule has 2 heterocycles. The Morgan fingerprint density at radius 3 is 2.25 bits per heavy atom. The number of ether oxygens (including phenoxy) is 3. The third-order valence-electron chi connectivity index (χ3n) is 4.67. The first-order valence-corrected chi connectivity index (χ1v) is 9.65. The van der Waals surface area contributed by atoms with Gasteiger partial charge >= 0.3 is 0 Å².